The Kier molecular flexibility index (Phi) is 7.15. The molecule has 33 heavy (non-hydrogen) atoms. The lowest BCUT2D eigenvalue weighted by molar-refractivity contribution is 0.0924. The molecule has 2 N–H and O–H groups in total. The third kappa shape index (κ3) is 5.64. The van der Waals surface area contributed by atoms with E-state index in [1.807, 2.05) is 6.07 Å². The summed E-state index contributed by atoms with van der Waals surface area (Å²) < 4.78 is 52.8. The third-order valence-corrected chi connectivity index (χ3v) is 6.04. The zero-order valence-corrected chi connectivity index (χ0v) is 18.0. The summed E-state index contributed by atoms with van der Waals surface area (Å²) in [5, 5.41) is 6.45. The third-order valence-electron chi connectivity index (χ3n) is 6.04. The van der Waals surface area contributed by atoms with Gasteiger partial charge in [-0.3, -0.25) is 9.20 Å². The first-order chi connectivity index (χ1) is 15.9. The van der Waals surface area contributed by atoms with Gasteiger partial charge in [-0.25, -0.2) is 22.5 Å². The number of rotatable bonds is 8. The maximum atomic E-state index is 13.0. The molecule has 1 aromatic carbocycles. The average molecular weight is 462 g/mol. The number of aryl methyl sites for hydroxylation is 1. The number of imidazole rings is 1. The van der Waals surface area contributed by atoms with Gasteiger partial charge in [-0.2, -0.15) is 0 Å². The summed E-state index contributed by atoms with van der Waals surface area (Å²) in [6, 6.07) is 12.3. The van der Waals surface area contributed by atoms with Crippen LogP contribution in [0.2, 0.25) is 0 Å². The van der Waals surface area contributed by atoms with Crippen molar-refractivity contribution in [2.75, 3.05) is 5.32 Å². The fraction of sp³-hybridized carbons (Fsp3) is 0.417. The van der Waals surface area contributed by atoms with Crippen LogP contribution in [-0.4, -0.2) is 33.8 Å². The molecule has 0 unspecified atom stereocenters. The van der Waals surface area contributed by atoms with E-state index in [1.165, 1.54) is 6.20 Å². The van der Waals surface area contributed by atoms with E-state index in [4.69, 9.17) is 0 Å². The Morgan fingerprint density at radius 2 is 1.73 bits per heavy atom. The van der Waals surface area contributed by atoms with Gasteiger partial charge in [0, 0.05) is 30.3 Å². The summed E-state index contributed by atoms with van der Waals surface area (Å²) in [4.78, 5) is 16.7. The van der Waals surface area contributed by atoms with Gasteiger partial charge < -0.3 is 10.6 Å². The minimum atomic E-state index is -2.63. The number of alkyl halides is 4. The van der Waals surface area contributed by atoms with Crippen LogP contribution in [0.15, 0.2) is 48.7 Å². The first kappa shape index (κ1) is 23.1. The fourth-order valence-corrected chi connectivity index (χ4v) is 4.33. The van der Waals surface area contributed by atoms with Gasteiger partial charge in [0.1, 0.15) is 17.2 Å². The lowest BCUT2D eigenvalue weighted by atomic mass is 9.90. The molecular weight excluding hydrogens is 436 g/mol. The Balaban J connectivity index is 1.34. The van der Waals surface area contributed by atoms with Gasteiger partial charge in [-0.1, -0.05) is 24.3 Å². The molecule has 1 aliphatic rings. The summed E-state index contributed by atoms with van der Waals surface area (Å²) in [5.74, 6) is 0.464. The van der Waals surface area contributed by atoms with Crippen molar-refractivity contribution < 1.29 is 22.4 Å². The van der Waals surface area contributed by atoms with Crippen molar-refractivity contribution >= 4 is 17.4 Å². The Labute approximate surface area is 189 Å². The van der Waals surface area contributed by atoms with Crippen molar-refractivity contribution in [1.29, 1.82) is 0 Å². The normalized spacial score (nSPS) is 18.7. The van der Waals surface area contributed by atoms with E-state index in [-0.39, 0.29) is 36.5 Å². The molecule has 9 heteroatoms. The number of anilines is 1. The molecule has 0 bridgehead atoms. The van der Waals surface area contributed by atoms with E-state index in [1.54, 1.807) is 40.8 Å². The molecule has 1 fully saturated rings. The first-order valence-corrected chi connectivity index (χ1v) is 11.1. The van der Waals surface area contributed by atoms with Crippen molar-refractivity contribution in [3.63, 3.8) is 0 Å². The van der Waals surface area contributed by atoms with Gasteiger partial charge in [0.2, 0.25) is 6.43 Å². The van der Waals surface area contributed by atoms with Crippen molar-refractivity contribution in [3.8, 4) is 0 Å². The first-order valence-electron chi connectivity index (χ1n) is 11.1. The highest BCUT2D eigenvalue weighted by Gasteiger charge is 2.24. The van der Waals surface area contributed by atoms with Crippen LogP contribution in [0.5, 0.6) is 0 Å². The summed E-state index contributed by atoms with van der Waals surface area (Å²) >= 11 is 0. The van der Waals surface area contributed by atoms with Gasteiger partial charge in [-0.05, 0) is 55.9 Å². The number of benzene rings is 1. The lowest BCUT2D eigenvalue weighted by Gasteiger charge is -2.30. The number of hydrogen-bond donors (Lipinski definition) is 2. The zero-order chi connectivity index (χ0) is 23.4. The smallest absolute Gasteiger partial charge is 0.281 e. The van der Waals surface area contributed by atoms with E-state index in [0.29, 0.717) is 22.6 Å². The van der Waals surface area contributed by atoms with E-state index < -0.39 is 12.9 Å². The maximum absolute atomic E-state index is 13.0. The van der Waals surface area contributed by atoms with Crippen molar-refractivity contribution in [2.24, 2.45) is 0 Å². The second-order valence-electron chi connectivity index (χ2n) is 8.36. The second-order valence-corrected chi connectivity index (χ2v) is 8.36. The summed E-state index contributed by atoms with van der Waals surface area (Å²) in [6.07, 6.45) is -0.699. The summed E-state index contributed by atoms with van der Waals surface area (Å²) in [7, 11) is 0. The van der Waals surface area contributed by atoms with Crippen LogP contribution in [0.25, 0.3) is 5.65 Å². The highest BCUT2D eigenvalue weighted by Crippen LogP contribution is 2.25. The van der Waals surface area contributed by atoms with Crippen LogP contribution in [0.1, 0.15) is 60.1 Å². The molecule has 0 spiro atoms. The Morgan fingerprint density at radius 1 is 1.00 bits per heavy atom. The van der Waals surface area contributed by atoms with Crippen molar-refractivity contribution in [2.45, 2.75) is 63.5 Å². The minimum absolute atomic E-state index is 0.00632. The Bertz CT molecular complexity index is 1090. The van der Waals surface area contributed by atoms with E-state index in [9.17, 15) is 22.4 Å². The van der Waals surface area contributed by atoms with Crippen LogP contribution >= 0.6 is 0 Å². The van der Waals surface area contributed by atoms with Crippen LogP contribution < -0.4 is 10.6 Å². The molecule has 2 aromatic heterocycles. The number of halogens is 4. The number of carbonyl (C=O) groups excluding carboxylic acids is 1. The van der Waals surface area contributed by atoms with Gasteiger partial charge in [0.15, 0.2) is 0 Å². The topological polar surface area (TPSA) is 58.4 Å². The van der Waals surface area contributed by atoms with Crippen molar-refractivity contribution in [3.05, 3.63) is 65.5 Å². The molecule has 1 saturated carbocycles. The van der Waals surface area contributed by atoms with E-state index in [2.05, 4.69) is 15.6 Å². The number of amides is 1. The van der Waals surface area contributed by atoms with Crippen molar-refractivity contribution in [1.82, 2.24) is 14.7 Å². The predicted molar refractivity (Wildman–Crippen MR) is 118 cm³/mol. The van der Waals surface area contributed by atoms with Crippen LogP contribution in [-0.2, 0) is 6.42 Å². The standard InChI is InChI=1S/C24H26F4N4O/c25-20(26)13-8-15-4-1-2-5-18(15)24(33)30-17-11-9-16(10-12-17)29-21-6-3-7-22-31-19(23(27)28)14-32(21)22/h1-7,14,16-17,20,23,29H,8-13H2,(H,30,33). The van der Waals surface area contributed by atoms with Crippen LogP contribution in [0.3, 0.4) is 0 Å². The molecule has 4 rings (SSSR count). The lowest BCUT2D eigenvalue weighted by Crippen LogP contribution is -2.40. The molecule has 5 nitrogen and oxygen atoms in total. The molecule has 1 amide bonds. The molecule has 3 aromatic rings. The van der Waals surface area contributed by atoms with Gasteiger partial charge in [0.25, 0.3) is 12.3 Å². The number of nitrogens with one attached hydrogen (secondary N) is 2. The monoisotopic (exact) mass is 462 g/mol. The predicted octanol–water partition coefficient (Wildman–Crippen LogP) is 5.62. The average Bonchev–Trinajstić information content (AvgIpc) is 3.25. The van der Waals surface area contributed by atoms with E-state index in [0.717, 1.165) is 25.7 Å². The van der Waals surface area contributed by atoms with E-state index >= 15 is 0 Å². The van der Waals surface area contributed by atoms with Crippen LogP contribution in [0, 0.1) is 0 Å². The fourth-order valence-electron chi connectivity index (χ4n) is 4.33. The maximum Gasteiger partial charge on any atom is 0.281 e. The number of hydrogen-bond acceptors (Lipinski definition) is 3. The molecule has 0 saturated heterocycles. The molecule has 0 radical (unpaired) electrons. The molecule has 176 valence electrons. The zero-order valence-electron chi connectivity index (χ0n) is 18.0. The largest absolute Gasteiger partial charge is 0.368 e. The highest BCUT2D eigenvalue weighted by atomic mass is 19.3. The Hall–Kier alpha value is -3.10. The number of pyridine rings is 1. The number of fused-ring (bicyclic) bond motifs is 1. The molecule has 0 atom stereocenters. The van der Waals surface area contributed by atoms with Crippen LogP contribution in [0.4, 0.5) is 23.4 Å². The quantitative estimate of drug-likeness (QED) is 0.427. The second kappa shape index (κ2) is 10.2. The number of carbonyl (C=O) groups is 1. The van der Waals surface area contributed by atoms with Gasteiger partial charge in [0.05, 0.1) is 0 Å². The molecular formula is C24H26F4N4O. The summed E-state index contributed by atoms with van der Waals surface area (Å²) in [6.45, 7) is 0. The number of aromatic nitrogens is 2. The van der Waals surface area contributed by atoms with Gasteiger partial charge in [-0.15, -0.1) is 0 Å². The number of nitrogens with zero attached hydrogens (tertiary/aromatic N) is 2. The SMILES string of the molecule is O=C(NC1CCC(Nc2cccc3nc(C(F)F)cn23)CC1)c1ccccc1CCC(F)F. The summed E-state index contributed by atoms with van der Waals surface area (Å²) in [5.41, 5.74) is 1.27. The molecule has 1 aliphatic carbocycles. The molecule has 0 aliphatic heterocycles. The minimum Gasteiger partial charge on any atom is -0.368 e. The highest BCUT2D eigenvalue weighted by molar-refractivity contribution is 5.95. The molecule has 2 heterocycles. The Morgan fingerprint density at radius 3 is 2.45 bits per heavy atom. The van der Waals surface area contributed by atoms with Gasteiger partial charge >= 0.3 is 0 Å².